The fourth-order valence-electron chi connectivity index (χ4n) is 6.09. The molecular formula is C40H77NO3. The summed E-state index contributed by atoms with van der Waals surface area (Å²) in [6.07, 6.45) is 41.1. The predicted octanol–water partition coefficient (Wildman–Crippen LogP) is 13.0. The molecule has 1 atom stereocenters. The molecule has 1 unspecified atom stereocenters. The van der Waals surface area contributed by atoms with Crippen LogP contribution in [-0.4, -0.2) is 30.1 Å². The van der Waals surface area contributed by atoms with E-state index >= 15 is 0 Å². The molecule has 0 spiro atoms. The molecule has 0 saturated heterocycles. The molecule has 0 aromatic carbocycles. The minimum absolute atomic E-state index is 0.0318. The van der Waals surface area contributed by atoms with E-state index in [2.05, 4.69) is 20.4 Å². The van der Waals surface area contributed by atoms with Crippen LogP contribution in [0.15, 0.2) is 12.7 Å². The lowest BCUT2D eigenvalue weighted by atomic mass is 10.0. The summed E-state index contributed by atoms with van der Waals surface area (Å²) in [5, 5.41) is 0. The highest BCUT2D eigenvalue weighted by Gasteiger charge is 2.20. The van der Waals surface area contributed by atoms with Gasteiger partial charge < -0.3 is 9.64 Å². The topological polar surface area (TPSA) is 46.6 Å². The third-order valence-electron chi connectivity index (χ3n) is 9.21. The lowest BCUT2D eigenvalue weighted by Crippen LogP contribution is -2.38. The van der Waals surface area contributed by atoms with Crippen LogP contribution in [0.25, 0.3) is 0 Å². The van der Waals surface area contributed by atoms with Gasteiger partial charge in [-0.25, -0.2) is 0 Å². The normalized spacial score (nSPS) is 11.9. The highest BCUT2D eigenvalue weighted by molar-refractivity contribution is 5.77. The van der Waals surface area contributed by atoms with E-state index in [0.717, 1.165) is 25.7 Å². The molecule has 0 N–H and O–H groups in total. The van der Waals surface area contributed by atoms with Crippen molar-refractivity contribution >= 4 is 11.9 Å². The van der Waals surface area contributed by atoms with Gasteiger partial charge in [0.25, 0.3) is 0 Å². The van der Waals surface area contributed by atoms with Gasteiger partial charge in [-0.15, -0.1) is 0 Å². The molecule has 0 heterocycles. The van der Waals surface area contributed by atoms with Crippen LogP contribution in [0.4, 0.5) is 0 Å². The second-order valence-electron chi connectivity index (χ2n) is 13.5. The van der Waals surface area contributed by atoms with Gasteiger partial charge in [0, 0.05) is 19.9 Å². The summed E-state index contributed by atoms with van der Waals surface area (Å²) in [4.78, 5) is 26.6. The summed E-state index contributed by atoms with van der Waals surface area (Å²) in [7, 11) is 1.72. The van der Waals surface area contributed by atoms with Crippen LogP contribution in [0.1, 0.15) is 219 Å². The van der Waals surface area contributed by atoms with Crippen LogP contribution < -0.4 is 0 Å². The third kappa shape index (κ3) is 29.4. The van der Waals surface area contributed by atoms with Crippen molar-refractivity contribution in [1.29, 1.82) is 0 Å². The van der Waals surface area contributed by atoms with Gasteiger partial charge in [-0.05, 0) is 18.9 Å². The first kappa shape index (κ1) is 42.7. The molecular weight excluding hydrogens is 542 g/mol. The number of amides is 1. The number of nitrogens with zero attached hydrogens (tertiary/aromatic N) is 1. The number of rotatable bonds is 35. The van der Waals surface area contributed by atoms with Crippen molar-refractivity contribution in [3.05, 3.63) is 12.7 Å². The smallest absolute Gasteiger partial charge is 0.307 e. The van der Waals surface area contributed by atoms with Crippen molar-refractivity contribution in [3.8, 4) is 0 Å². The lowest BCUT2D eigenvalue weighted by molar-refractivity contribution is -0.158. The van der Waals surface area contributed by atoms with Gasteiger partial charge in [-0.3, -0.25) is 9.59 Å². The van der Waals surface area contributed by atoms with Crippen molar-refractivity contribution < 1.29 is 14.3 Å². The molecule has 0 bridgehead atoms. The van der Waals surface area contributed by atoms with Crippen molar-refractivity contribution in [3.63, 3.8) is 0 Å². The highest BCUT2D eigenvalue weighted by Crippen LogP contribution is 2.16. The molecule has 0 saturated carbocycles. The Hall–Kier alpha value is -1.32. The number of likely N-dealkylation sites (N-methyl/N-ethyl adjacent to an activating group) is 1. The number of hydrogen-bond acceptors (Lipinski definition) is 3. The van der Waals surface area contributed by atoms with Crippen LogP contribution in [0.2, 0.25) is 0 Å². The summed E-state index contributed by atoms with van der Waals surface area (Å²) in [5.41, 5.74) is 0. The van der Waals surface area contributed by atoms with E-state index in [1.807, 2.05) is 0 Å². The Labute approximate surface area is 275 Å². The number of carbonyl (C=O) groups is 2. The molecule has 44 heavy (non-hydrogen) atoms. The average Bonchev–Trinajstić information content (AvgIpc) is 3.03. The number of esters is 1. The molecule has 0 radical (unpaired) electrons. The maximum Gasteiger partial charge on any atom is 0.307 e. The fraction of sp³-hybridized carbons (Fsp3) is 0.900. The SMILES string of the molecule is C=CC(OC(=O)CCCCCCCCCCCCCCCCC)N(C)C(=O)CCCCCCCCCCCCCCCCC. The Balaban J connectivity index is 3.64. The van der Waals surface area contributed by atoms with Gasteiger partial charge >= 0.3 is 5.97 Å². The minimum atomic E-state index is -0.664. The quantitative estimate of drug-likeness (QED) is 0.0307. The number of ether oxygens (including phenoxy) is 1. The second-order valence-corrected chi connectivity index (χ2v) is 13.5. The van der Waals surface area contributed by atoms with E-state index in [1.165, 1.54) is 167 Å². The zero-order valence-corrected chi connectivity index (χ0v) is 30.2. The number of hydrogen-bond donors (Lipinski definition) is 0. The molecule has 0 aliphatic rings. The minimum Gasteiger partial charge on any atom is -0.438 e. The molecule has 0 aliphatic carbocycles. The average molecular weight is 620 g/mol. The molecule has 0 fully saturated rings. The number of carbonyl (C=O) groups excluding carboxylic acids is 2. The zero-order chi connectivity index (χ0) is 32.4. The molecule has 4 heteroatoms. The second kappa shape index (κ2) is 34.6. The molecule has 0 rings (SSSR count). The van der Waals surface area contributed by atoms with Crippen LogP contribution in [0, 0.1) is 0 Å². The molecule has 4 nitrogen and oxygen atoms in total. The van der Waals surface area contributed by atoms with Crippen molar-refractivity contribution in [2.24, 2.45) is 0 Å². The Kier molecular flexibility index (Phi) is 33.5. The van der Waals surface area contributed by atoms with E-state index in [1.54, 1.807) is 18.0 Å². The summed E-state index contributed by atoms with van der Waals surface area (Å²) in [5.74, 6) is -0.194. The number of unbranched alkanes of at least 4 members (excludes halogenated alkanes) is 28. The van der Waals surface area contributed by atoms with Crippen LogP contribution in [-0.2, 0) is 14.3 Å². The molecule has 0 aromatic heterocycles. The van der Waals surface area contributed by atoms with Gasteiger partial charge in [0.1, 0.15) is 0 Å². The maximum atomic E-state index is 12.7. The highest BCUT2D eigenvalue weighted by atomic mass is 16.6. The summed E-state index contributed by atoms with van der Waals surface area (Å²) >= 11 is 0. The predicted molar refractivity (Wildman–Crippen MR) is 192 cm³/mol. The first-order valence-corrected chi connectivity index (χ1v) is 19.6. The van der Waals surface area contributed by atoms with Gasteiger partial charge in [0.2, 0.25) is 5.91 Å². The Bertz CT molecular complexity index is 634. The maximum absolute atomic E-state index is 12.7. The van der Waals surface area contributed by atoms with E-state index in [9.17, 15) is 9.59 Å². The van der Waals surface area contributed by atoms with E-state index in [0.29, 0.717) is 12.8 Å². The largest absolute Gasteiger partial charge is 0.438 e. The van der Waals surface area contributed by atoms with Crippen LogP contribution >= 0.6 is 0 Å². The Morgan fingerprint density at radius 2 is 0.773 bits per heavy atom. The van der Waals surface area contributed by atoms with E-state index < -0.39 is 6.23 Å². The molecule has 0 aliphatic heterocycles. The summed E-state index contributed by atoms with van der Waals surface area (Å²) in [6.45, 7) is 8.35. The summed E-state index contributed by atoms with van der Waals surface area (Å²) in [6, 6.07) is 0. The third-order valence-corrected chi connectivity index (χ3v) is 9.21. The fourth-order valence-corrected chi connectivity index (χ4v) is 6.09. The van der Waals surface area contributed by atoms with Gasteiger partial charge in [-0.1, -0.05) is 200 Å². The zero-order valence-electron chi connectivity index (χ0n) is 30.2. The van der Waals surface area contributed by atoms with Crippen molar-refractivity contribution in [2.75, 3.05) is 7.05 Å². The first-order valence-electron chi connectivity index (χ1n) is 19.6. The summed E-state index contributed by atoms with van der Waals surface area (Å²) < 4.78 is 5.58. The lowest BCUT2D eigenvalue weighted by Gasteiger charge is -2.25. The van der Waals surface area contributed by atoms with Gasteiger partial charge in [0.15, 0.2) is 6.23 Å². The Morgan fingerprint density at radius 3 is 1.07 bits per heavy atom. The van der Waals surface area contributed by atoms with Gasteiger partial charge in [-0.2, -0.15) is 0 Å². The Morgan fingerprint density at radius 1 is 0.500 bits per heavy atom. The van der Waals surface area contributed by atoms with Gasteiger partial charge in [0.05, 0.1) is 0 Å². The molecule has 1 amide bonds. The van der Waals surface area contributed by atoms with E-state index in [-0.39, 0.29) is 11.9 Å². The first-order chi connectivity index (χ1) is 21.6. The van der Waals surface area contributed by atoms with Crippen LogP contribution in [0.5, 0.6) is 0 Å². The van der Waals surface area contributed by atoms with Crippen molar-refractivity contribution in [2.45, 2.75) is 226 Å². The monoisotopic (exact) mass is 620 g/mol. The van der Waals surface area contributed by atoms with Crippen LogP contribution in [0.3, 0.4) is 0 Å². The van der Waals surface area contributed by atoms with E-state index in [4.69, 9.17) is 4.74 Å². The van der Waals surface area contributed by atoms with Crippen molar-refractivity contribution in [1.82, 2.24) is 4.90 Å². The standard InChI is InChI=1S/C40H77NO3/c1-5-8-10-12-14-16-18-20-22-24-26-28-30-32-34-36-38(42)41(4)39(7-3)44-40(43)37-35-33-31-29-27-25-23-21-19-17-15-13-11-9-6-2/h7,39H,3,5-6,8-37H2,1-2,4H3. The molecule has 260 valence electrons. The molecule has 0 aromatic rings.